The number of hydrogen-bond acceptors (Lipinski definition) is 5. The third-order valence-electron chi connectivity index (χ3n) is 3.40. The maximum Gasteiger partial charge on any atom is 0.230 e. The lowest BCUT2D eigenvalue weighted by atomic mass is 10.0. The molecule has 6 heteroatoms. The van der Waals surface area contributed by atoms with Crippen molar-refractivity contribution in [2.45, 2.75) is 33.1 Å². The number of aromatic nitrogens is 1. The Labute approximate surface area is 139 Å². The van der Waals surface area contributed by atoms with Gasteiger partial charge in [0.25, 0.3) is 0 Å². The monoisotopic (exact) mass is 332 g/mol. The standard InChI is InChI=1S/C17H20N2O3S/c1-10(2)14-9-23-17(18-14)19-16(21)8-13-7-12(11(3)20)5-6-15(13)22-4/h5-7,9-10H,8H2,1-4H3,(H,18,19,21). The van der Waals surface area contributed by atoms with Crippen molar-refractivity contribution in [3.63, 3.8) is 0 Å². The van der Waals surface area contributed by atoms with Crippen LogP contribution in [0.2, 0.25) is 0 Å². The van der Waals surface area contributed by atoms with Crippen molar-refractivity contribution in [2.75, 3.05) is 12.4 Å². The van der Waals surface area contributed by atoms with Gasteiger partial charge in [-0.05, 0) is 31.0 Å². The summed E-state index contributed by atoms with van der Waals surface area (Å²) in [6, 6.07) is 5.10. The van der Waals surface area contributed by atoms with Crippen molar-refractivity contribution in [3.05, 3.63) is 40.4 Å². The summed E-state index contributed by atoms with van der Waals surface area (Å²) in [7, 11) is 1.54. The number of carbonyl (C=O) groups is 2. The molecule has 0 fully saturated rings. The predicted molar refractivity (Wildman–Crippen MR) is 91.5 cm³/mol. The number of ether oxygens (including phenoxy) is 1. The average molecular weight is 332 g/mol. The van der Waals surface area contributed by atoms with E-state index in [4.69, 9.17) is 4.74 Å². The van der Waals surface area contributed by atoms with Gasteiger partial charge in [-0.25, -0.2) is 4.98 Å². The summed E-state index contributed by atoms with van der Waals surface area (Å²) in [6.45, 7) is 5.60. The third-order valence-corrected chi connectivity index (χ3v) is 4.17. The molecule has 5 nitrogen and oxygen atoms in total. The second kappa shape index (κ2) is 7.37. The van der Waals surface area contributed by atoms with E-state index in [2.05, 4.69) is 24.1 Å². The number of rotatable bonds is 6. The fourth-order valence-electron chi connectivity index (χ4n) is 2.08. The number of methoxy groups -OCH3 is 1. The Balaban J connectivity index is 2.12. The average Bonchev–Trinajstić information content (AvgIpc) is 2.95. The van der Waals surface area contributed by atoms with Crippen LogP contribution >= 0.6 is 11.3 Å². The van der Waals surface area contributed by atoms with Gasteiger partial charge in [-0.1, -0.05) is 13.8 Å². The van der Waals surface area contributed by atoms with Crippen LogP contribution < -0.4 is 10.1 Å². The number of anilines is 1. The minimum atomic E-state index is -0.186. The molecule has 1 N–H and O–H groups in total. The largest absolute Gasteiger partial charge is 0.496 e. The van der Waals surface area contributed by atoms with E-state index in [-0.39, 0.29) is 18.1 Å². The molecule has 0 atom stereocenters. The molecule has 0 saturated carbocycles. The molecule has 1 aromatic carbocycles. The molecule has 0 radical (unpaired) electrons. The van der Waals surface area contributed by atoms with Crippen molar-refractivity contribution in [2.24, 2.45) is 0 Å². The number of ketones is 1. The van der Waals surface area contributed by atoms with Gasteiger partial charge in [0.05, 0.1) is 19.2 Å². The number of thiazole rings is 1. The molecule has 1 amide bonds. The highest BCUT2D eigenvalue weighted by atomic mass is 32.1. The Kier molecular flexibility index (Phi) is 5.50. The van der Waals surface area contributed by atoms with Gasteiger partial charge in [0, 0.05) is 16.5 Å². The molecule has 2 aromatic rings. The molecule has 122 valence electrons. The van der Waals surface area contributed by atoms with Crippen molar-refractivity contribution < 1.29 is 14.3 Å². The number of nitrogens with zero attached hydrogens (tertiary/aromatic N) is 1. The fraction of sp³-hybridized carbons (Fsp3) is 0.353. The highest BCUT2D eigenvalue weighted by Crippen LogP contribution is 2.23. The summed E-state index contributed by atoms with van der Waals surface area (Å²) in [5.74, 6) is 0.681. The first-order valence-electron chi connectivity index (χ1n) is 7.33. The lowest BCUT2D eigenvalue weighted by Crippen LogP contribution is -2.15. The van der Waals surface area contributed by atoms with Gasteiger partial charge in [0.1, 0.15) is 5.75 Å². The zero-order valence-electron chi connectivity index (χ0n) is 13.7. The second-order valence-corrected chi connectivity index (χ2v) is 6.40. The first kappa shape index (κ1) is 17.1. The molecule has 23 heavy (non-hydrogen) atoms. The van der Waals surface area contributed by atoms with Crippen molar-refractivity contribution in [3.8, 4) is 5.75 Å². The number of nitrogens with one attached hydrogen (secondary N) is 1. The SMILES string of the molecule is COc1ccc(C(C)=O)cc1CC(=O)Nc1nc(C(C)C)cs1. The summed E-state index contributed by atoms with van der Waals surface area (Å²) >= 11 is 1.41. The molecular formula is C17H20N2O3S. The minimum absolute atomic E-state index is 0.0455. The molecule has 0 aliphatic rings. The van der Waals surface area contributed by atoms with E-state index in [1.165, 1.54) is 18.3 Å². The Morgan fingerprint density at radius 3 is 2.65 bits per heavy atom. The van der Waals surface area contributed by atoms with Crippen LogP contribution in [0.4, 0.5) is 5.13 Å². The van der Waals surface area contributed by atoms with E-state index in [9.17, 15) is 9.59 Å². The summed E-state index contributed by atoms with van der Waals surface area (Å²) in [5.41, 5.74) is 2.20. The zero-order chi connectivity index (χ0) is 17.0. The van der Waals surface area contributed by atoms with Crippen LogP contribution in [-0.2, 0) is 11.2 Å². The van der Waals surface area contributed by atoms with Crippen LogP contribution in [0.5, 0.6) is 5.75 Å². The van der Waals surface area contributed by atoms with Crippen molar-refractivity contribution in [1.82, 2.24) is 4.98 Å². The highest BCUT2D eigenvalue weighted by molar-refractivity contribution is 7.13. The molecular weight excluding hydrogens is 312 g/mol. The van der Waals surface area contributed by atoms with Crippen LogP contribution in [0.15, 0.2) is 23.6 Å². The number of carbonyl (C=O) groups excluding carboxylic acids is 2. The molecule has 0 aliphatic heterocycles. The number of hydrogen-bond donors (Lipinski definition) is 1. The molecule has 2 rings (SSSR count). The summed E-state index contributed by atoms with van der Waals surface area (Å²) in [4.78, 5) is 28.1. The van der Waals surface area contributed by atoms with Gasteiger partial charge >= 0.3 is 0 Å². The van der Waals surface area contributed by atoms with Gasteiger partial charge < -0.3 is 10.1 Å². The van der Waals surface area contributed by atoms with E-state index in [0.717, 1.165) is 5.69 Å². The minimum Gasteiger partial charge on any atom is -0.496 e. The predicted octanol–water partition coefficient (Wildman–Crippen LogP) is 3.66. The van der Waals surface area contributed by atoms with Crippen LogP contribution in [0.3, 0.4) is 0 Å². The van der Waals surface area contributed by atoms with Crippen LogP contribution in [-0.4, -0.2) is 23.8 Å². The van der Waals surface area contributed by atoms with E-state index < -0.39 is 0 Å². The smallest absolute Gasteiger partial charge is 0.230 e. The second-order valence-electron chi connectivity index (χ2n) is 5.54. The van der Waals surface area contributed by atoms with Crippen LogP contribution in [0, 0.1) is 0 Å². The normalized spacial score (nSPS) is 10.7. The first-order chi connectivity index (χ1) is 10.9. The maximum atomic E-state index is 12.2. The van der Waals surface area contributed by atoms with E-state index in [1.807, 2.05) is 5.38 Å². The zero-order valence-corrected chi connectivity index (χ0v) is 14.5. The van der Waals surface area contributed by atoms with Gasteiger partial charge in [0.2, 0.25) is 5.91 Å². The lowest BCUT2D eigenvalue weighted by Gasteiger charge is -2.09. The lowest BCUT2D eigenvalue weighted by molar-refractivity contribution is -0.115. The Hall–Kier alpha value is -2.21. The maximum absolute atomic E-state index is 12.2. The van der Waals surface area contributed by atoms with Crippen molar-refractivity contribution in [1.29, 1.82) is 0 Å². The number of Topliss-reactive ketones (excluding diaryl/α,β-unsaturated/α-hetero) is 1. The van der Waals surface area contributed by atoms with Crippen molar-refractivity contribution >= 4 is 28.2 Å². The van der Waals surface area contributed by atoms with Gasteiger partial charge in [0.15, 0.2) is 10.9 Å². The number of benzene rings is 1. The van der Waals surface area contributed by atoms with Gasteiger partial charge in [-0.2, -0.15) is 0 Å². The highest BCUT2D eigenvalue weighted by Gasteiger charge is 2.13. The Morgan fingerprint density at radius 2 is 2.09 bits per heavy atom. The molecule has 1 heterocycles. The van der Waals surface area contributed by atoms with E-state index in [0.29, 0.717) is 27.9 Å². The third kappa shape index (κ3) is 4.39. The number of amides is 1. The quantitative estimate of drug-likeness (QED) is 0.820. The fourth-order valence-corrected chi connectivity index (χ4v) is 2.97. The van der Waals surface area contributed by atoms with Gasteiger partial charge in [-0.15, -0.1) is 11.3 Å². The molecule has 0 unspecified atom stereocenters. The van der Waals surface area contributed by atoms with Crippen LogP contribution in [0.1, 0.15) is 48.3 Å². The molecule has 0 bridgehead atoms. The summed E-state index contributed by atoms with van der Waals surface area (Å²) in [5, 5.41) is 5.32. The first-order valence-corrected chi connectivity index (χ1v) is 8.21. The molecule has 0 saturated heterocycles. The molecule has 0 aliphatic carbocycles. The summed E-state index contributed by atoms with van der Waals surface area (Å²) in [6.07, 6.45) is 0.126. The van der Waals surface area contributed by atoms with E-state index in [1.54, 1.807) is 25.3 Å². The topological polar surface area (TPSA) is 68.3 Å². The Morgan fingerprint density at radius 1 is 1.35 bits per heavy atom. The summed E-state index contributed by atoms with van der Waals surface area (Å²) < 4.78 is 5.26. The molecule has 0 spiro atoms. The Bertz CT molecular complexity index is 722. The molecule has 1 aromatic heterocycles. The van der Waals surface area contributed by atoms with Crippen LogP contribution in [0.25, 0.3) is 0 Å². The van der Waals surface area contributed by atoms with Gasteiger partial charge in [-0.3, -0.25) is 9.59 Å². The van der Waals surface area contributed by atoms with E-state index >= 15 is 0 Å².